The standard InChI is InChI=1S/C45H31N3O5S/c1-27-11-13-28(14-12-27)37-23-39(29-7-3-2-4-8-29)47-43(38(37)25-46)54-41-24-42(50)48(44(41)51)34-18-15-30(16-19-34)45(52)53-26-40(49)32-17-20-36-33(22-32)21-31-9-5-6-10-35(31)36/h2-20,22-23,41H,21,24,26H2,1H3. The lowest BCUT2D eigenvalue weighted by Gasteiger charge is -2.16. The monoisotopic (exact) mass is 725 g/mol. The van der Waals surface area contributed by atoms with Crippen LogP contribution in [-0.4, -0.2) is 40.4 Å². The van der Waals surface area contributed by atoms with E-state index in [2.05, 4.69) is 18.2 Å². The molecule has 54 heavy (non-hydrogen) atoms. The second kappa shape index (κ2) is 14.4. The van der Waals surface area contributed by atoms with Gasteiger partial charge in [0.05, 0.1) is 27.8 Å². The van der Waals surface area contributed by atoms with Crippen molar-refractivity contribution >= 4 is 41.0 Å². The van der Waals surface area contributed by atoms with Crippen LogP contribution in [0.4, 0.5) is 5.69 Å². The zero-order valence-corrected chi connectivity index (χ0v) is 29.9. The van der Waals surface area contributed by atoms with Crippen molar-refractivity contribution in [1.29, 1.82) is 5.26 Å². The number of aromatic nitrogens is 1. The number of anilines is 1. The molecule has 1 fully saturated rings. The molecule has 0 bridgehead atoms. The quantitative estimate of drug-likeness (QED) is 0.0825. The Morgan fingerprint density at radius 3 is 2.26 bits per heavy atom. The van der Waals surface area contributed by atoms with E-state index in [1.54, 1.807) is 6.07 Å². The normalized spacial score (nSPS) is 14.4. The van der Waals surface area contributed by atoms with Crippen molar-refractivity contribution in [1.82, 2.24) is 4.98 Å². The number of aryl methyl sites for hydroxylation is 1. The Kier molecular flexibility index (Phi) is 9.20. The molecule has 0 N–H and O–H groups in total. The Morgan fingerprint density at radius 2 is 1.50 bits per heavy atom. The highest BCUT2D eigenvalue weighted by molar-refractivity contribution is 8.00. The third kappa shape index (κ3) is 6.60. The van der Waals surface area contributed by atoms with Gasteiger partial charge in [-0.2, -0.15) is 5.26 Å². The van der Waals surface area contributed by atoms with Gasteiger partial charge < -0.3 is 4.74 Å². The average Bonchev–Trinajstić information content (AvgIpc) is 3.71. The molecule has 8 rings (SSSR count). The van der Waals surface area contributed by atoms with Crippen molar-refractivity contribution in [3.05, 3.63) is 161 Å². The maximum absolute atomic E-state index is 13.8. The fraction of sp³-hybridized carbons (Fsp3) is 0.111. The first-order valence-electron chi connectivity index (χ1n) is 17.4. The number of pyridine rings is 1. The maximum Gasteiger partial charge on any atom is 0.338 e. The third-order valence-corrected chi connectivity index (χ3v) is 10.9. The molecule has 1 saturated heterocycles. The predicted octanol–water partition coefficient (Wildman–Crippen LogP) is 8.63. The SMILES string of the molecule is Cc1ccc(-c2cc(-c3ccccc3)nc(SC3CC(=O)N(c4ccc(C(=O)OCC(=O)c5ccc6c(c5)Cc5ccccc5-6)cc4)C3=O)c2C#N)cc1. The molecule has 0 spiro atoms. The number of hydrogen-bond donors (Lipinski definition) is 0. The van der Waals surface area contributed by atoms with Gasteiger partial charge in [-0.15, -0.1) is 0 Å². The second-order valence-corrected chi connectivity index (χ2v) is 14.4. The molecular formula is C45H31N3O5S. The Balaban J connectivity index is 0.962. The van der Waals surface area contributed by atoms with E-state index < -0.39 is 29.6 Å². The van der Waals surface area contributed by atoms with Crippen molar-refractivity contribution in [2.24, 2.45) is 0 Å². The molecule has 2 aliphatic rings. The van der Waals surface area contributed by atoms with E-state index in [0.29, 0.717) is 33.1 Å². The zero-order valence-electron chi connectivity index (χ0n) is 29.1. The molecule has 1 atom stereocenters. The smallest absolute Gasteiger partial charge is 0.338 e. The van der Waals surface area contributed by atoms with E-state index in [1.165, 1.54) is 35.4 Å². The van der Waals surface area contributed by atoms with Gasteiger partial charge in [-0.05, 0) is 77.6 Å². The predicted molar refractivity (Wildman–Crippen MR) is 207 cm³/mol. The summed E-state index contributed by atoms with van der Waals surface area (Å²) < 4.78 is 5.35. The Morgan fingerprint density at radius 1 is 0.796 bits per heavy atom. The molecule has 1 unspecified atom stereocenters. The number of rotatable bonds is 9. The first kappa shape index (κ1) is 34.5. The summed E-state index contributed by atoms with van der Waals surface area (Å²) in [5, 5.41) is 9.88. The lowest BCUT2D eigenvalue weighted by molar-refractivity contribution is -0.121. The molecule has 9 heteroatoms. The number of esters is 1. The summed E-state index contributed by atoms with van der Waals surface area (Å²) in [5.74, 6) is -1.87. The van der Waals surface area contributed by atoms with E-state index in [-0.39, 0.29) is 17.8 Å². The highest BCUT2D eigenvalue weighted by Gasteiger charge is 2.41. The van der Waals surface area contributed by atoms with Crippen LogP contribution in [0.15, 0.2) is 132 Å². The van der Waals surface area contributed by atoms with Crippen LogP contribution in [-0.2, 0) is 20.7 Å². The van der Waals surface area contributed by atoms with Gasteiger partial charge in [0.1, 0.15) is 11.1 Å². The van der Waals surface area contributed by atoms with Crippen molar-refractivity contribution in [2.45, 2.75) is 30.0 Å². The van der Waals surface area contributed by atoms with E-state index in [4.69, 9.17) is 9.72 Å². The summed E-state index contributed by atoms with van der Waals surface area (Å²) in [6.07, 6.45) is 0.653. The number of nitriles is 1. The van der Waals surface area contributed by atoms with Gasteiger partial charge in [0.2, 0.25) is 11.8 Å². The Hall–Kier alpha value is -6.63. The van der Waals surface area contributed by atoms with Gasteiger partial charge in [0.15, 0.2) is 12.4 Å². The number of hydrogen-bond acceptors (Lipinski definition) is 8. The second-order valence-electron chi connectivity index (χ2n) is 13.2. The van der Waals surface area contributed by atoms with Crippen molar-refractivity contribution in [3.8, 4) is 39.6 Å². The number of ether oxygens (including phenoxy) is 1. The summed E-state index contributed by atoms with van der Waals surface area (Å²) >= 11 is 1.10. The molecule has 2 heterocycles. The third-order valence-electron chi connectivity index (χ3n) is 9.70. The average molecular weight is 726 g/mol. The molecule has 5 aromatic carbocycles. The molecule has 1 aliphatic carbocycles. The van der Waals surface area contributed by atoms with Crippen LogP contribution in [0.2, 0.25) is 0 Å². The Bertz CT molecular complexity index is 2530. The van der Waals surface area contributed by atoms with E-state index in [9.17, 15) is 24.4 Å². The van der Waals surface area contributed by atoms with Crippen molar-refractivity contribution in [3.63, 3.8) is 0 Å². The minimum atomic E-state index is -0.821. The number of ketones is 1. The number of imide groups is 1. The highest BCUT2D eigenvalue weighted by atomic mass is 32.2. The fourth-order valence-electron chi connectivity index (χ4n) is 6.90. The number of carbonyl (C=O) groups excluding carboxylic acids is 4. The van der Waals surface area contributed by atoms with Crippen LogP contribution >= 0.6 is 11.8 Å². The van der Waals surface area contributed by atoms with Gasteiger partial charge in [0.25, 0.3) is 0 Å². The number of carbonyl (C=O) groups is 4. The molecule has 1 aromatic heterocycles. The summed E-state index contributed by atoms with van der Waals surface area (Å²) in [6, 6.07) is 41.2. The number of amides is 2. The zero-order chi connectivity index (χ0) is 37.3. The number of Topliss-reactive ketones (excluding diaryl/α,β-unsaturated/α-hetero) is 1. The van der Waals surface area contributed by atoms with Crippen LogP contribution in [0.5, 0.6) is 0 Å². The van der Waals surface area contributed by atoms with Gasteiger partial charge in [-0.3, -0.25) is 14.4 Å². The van der Waals surface area contributed by atoms with Crippen LogP contribution in [0.25, 0.3) is 33.5 Å². The molecule has 0 saturated carbocycles. The Labute approximate surface area is 316 Å². The molecule has 6 aromatic rings. The largest absolute Gasteiger partial charge is 0.454 e. The lowest BCUT2D eigenvalue weighted by atomic mass is 9.98. The summed E-state index contributed by atoms with van der Waals surface area (Å²) in [6.45, 7) is 1.56. The van der Waals surface area contributed by atoms with E-state index in [0.717, 1.165) is 50.9 Å². The lowest BCUT2D eigenvalue weighted by Crippen LogP contribution is -2.31. The minimum Gasteiger partial charge on any atom is -0.454 e. The van der Waals surface area contributed by atoms with Crippen LogP contribution < -0.4 is 4.90 Å². The topological polar surface area (TPSA) is 117 Å². The first-order valence-corrected chi connectivity index (χ1v) is 18.3. The van der Waals surface area contributed by atoms with Gasteiger partial charge in [-0.1, -0.05) is 108 Å². The fourth-order valence-corrected chi connectivity index (χ4v) is 8.02. The number of nitrogens with zero attached hydrogens (tertiary/aromatic N) is 3. The summed E-state index contributed by atoms with van der Waals surface area (Å²) in [7, 11) is 0. The molecule has 262 valence electrons. The molecular weight excluding hydrogens is 695 g/mol. The first-order chi connectivity index (χ1) is 26.3. The van der Waals surface area contributed by atoms with Crippen LogP contribution in [0.1, 0.15) is 49.4 Å². The van der Waals surface area contributed by atoms with Crippen LogP contribution in [0, 0.1) is 18.3 Å². The molecule has 0 radical (unpaired) electrons. The van der Waals surface area contributed by atoms with E-state index in [1.807, 2.05) is 91.9 Å². The van der Waals surface area contributed by atoms with Gasteiger partial charge in [-0.25, -0.2) is 14.7 Å². The van der Waals surface area contributed by atoms with Crippen LogP contribution in [0.3, 0.4) is 0 Å². The molecule has 1 aliphatic heterocycles. The van der Waals surface area contributed by atoms with Crippen molar-refractivity contribution < 1.29 is 23.9 Å². The minimum absolute atomic E-state index is 0.0911. The number of thioether (sulfide) groups is 1. The van der Waals surface area contributed by atoms with Crippen molar-refractivity contribution in [2.75, 3.05) is 11.5 Å². The molecule has 2 amide bonds. The summed E-state index contributed by atoms with van der Waals surface area (Å²) in [5.41, 5.74) is 9.91. The number of fused-ring (bicyclic) bond motifs is 3. The number of benzene rings is 5. The molecule has 8 nitrogen and oxygen atoms in total. The maximum atomic E-state index is 13.8. The van der Waals surface area contributed by atoms with Gasteiger partial charge >= 0.3 is 5.97 Å². The van der Waals surface area contributed by atoms with E-state index >= 15 is 0 Å². The summed E-state index contributed by atoms with van der Waals surface area (Å²) in [4.78, 5) is 58.9. The highest BCUT2D eigenvalue weighted by Crippen LogP contribution is 2.40. The van der Waals surface area contributed by atoms with Gasteiger partial charge in [0, 0.05) is 23.1 Å².